The fourth-order valence-electron chi connectivity index (χ4n) is 2.76. The average molecular weight is 437 g/mol. The van der Waals surface area contributed by atoms with Gasteiger partial charge in [0.25, 0.3) is 0 Å². The zero-order valence-electron chi connectivity index (χ0n) is 17.8. The molecule has 2 aromatic carbocycles. The highest BCUT2D eigenvalue weighted by molar-refractivity contribution is 7.92. The van der Waals surface area contributed by atoms with Crippen molar-refractivity contribution in [3.63, 3.8) is 0 Å². The SMILES string of the molecule is COc1ccc(OC[C@H](C)NC(=O)CN(c2cc(C)ccc2OC)S(C)(=O)=O)cc1. The lowest BCUT2D eigenvalue weighted by atomic mass is 10.2. The Labute approximate surface area is 177 Å². The quantitative estimate of drug-likeness (QED) is 0.615. The lowest BCUT2D eigenvalue weighted by Gasteiger charge is -2.25. The summed E-state index contributed by atoms with van der Waals surface area (Å²) in [7, 11) is -0.676. The normalized spacial score (nSPS) is 12.0. The van der Waals surface area contributed by atoms with E-state index in [-0.39, 0.29) is 19.2 Å². The Kier molecular flexibility index (Phi) is 7.93. The summed E-state index contributed by atoms with van der Waals surface area (Å²) in [4.78, 5) is 12.5. The fourth-order valence-corrected chi connectivity index (χ4v) is 3.61. The van der Waals surface area contributed by atoms with Crippen LogP contribution in [-0.4, -0.2) is 54.0 Å². The van der Waals surface area contributed by atoms with Crippen LogP contribution in [0.3, 0.4) is 0 Å². The van der Waals surface area contributed by atoms with Gasteiger partial charge in [-0.25, -0.2) is 8.42 Å². The second-order valence-electron chi connectivity index (χ2n) is 6.90. The highest BCUT2D eigenvalue weighted by Gasteiger charge is 2.24. The largest absolute Gasteiger partial charge is 0.497 e. The predicted molar refractivity (Wildman–Crippen MR) is 116 cm³/mol. The van der Waals surface area contributed by atoms with Gasteiger partial charge in [0.1, 0.15) is 30.4 Å². The van der Waals surface area contributed by atoms with Crippen molar-refractivity contribution in [1.29, 1.82) is 0 Å². The summed E-state index contributed by atoms with van der Waals surface area (Å²) < 4.78 is 41.8. The topological polar surface area (TPSA) is 94.2 Å². The maximum Gasteiger partial charge on any atom is 0.241 e. The third kappa shape index (κ3) is 6.55. The van der Waals surface area contributed by atoms with E-state index in [4.69, 9.17) is 14.2 Å². The van der Waals surface area contributed by atoms with E-state index in [0.29, 0.717) is 17.2 Å². The van der Waals surface area contributed by atoms with Crippen LogP contribution >= 0.6 is 0 Å². The van der Waals surface area contributed by atoms with Crippen molar-refractivity contribution in [2.45, 2.75) is 19.9 Å². The number of carbonyl (C=O) groups is 1. The Morgan fingerprint density at radius 1 is 1.07 bits per heavy atom. The lowest BCUT2D eigenvalue weighted by Crippen LogP contribution is -2.45. The molecule has 8 nitrogen and oxygen atoms in total. The monoisotopic (exact) mass is 436 g/mol. The molecule has 164 valence electrons. The predicted octanol–water partition coefficient (Wildman–Crippen LogP) is 2.36. The minimum absolute atomic E-state index is 0.227. The number of nitrogens with zero attached hydrogens (tertiary/aromatic N) is 1. The van der Waals surface area contributed by atoms with Crippen LogP contribution in [-0.2, 0) is 14.8 Å². The Hall–Kier alpha value is -2.94. The van der Waals surface area contributed by atoms with Gasteiger partial charge >= 0.3 is 0 Å². The number of rotatable bonds is 10. The molecule has 9 heteroatoms. The van der Waals surface area contributed by atoms with Crippen LogP contribution in [0.15, 0.2) is 42.5 Å². The van der Waals surface area contributed by atoms with Crippen LogP contribution in [0.25, 0.3) is 0 Å². The number of sulfonamides is 1. The first-order valence-corrected chi connectivity index (χ1v) is 11.2. The van der Waals surface area contributed by atoms with Crippen molar-refractivity contribution in [3.8, 4) is 17.2 Å². The molecule has 0 saturated carbocycles. The number of nitrogens with one attached hydrogen (secondary N) is 1. The first-order valence-electron chi connectivity index (χ1n) is 9.32. The summed E-state index contributed by atoms with van der Waals surface area (Å²) in [5.41, 5.74) is 1.17. The molecule has 0 radical (unpaired) electrons. The molecule has 2 rings (SSSR count). The van der Waals surface area contributed by atoms with Crippen LogP contribution in [0.2, 0.25) is 0 Å². The number of methoxy groups -OCH3 is 2. The number of hydrogen-bond donors (Lipinski definition) is 1. The summed E-state index contributed by atoms with van der Waals surface area (Å²) in [6.07, 6.45) is 1.05. The number of ether oxygens (including phenoxy) is 3. The number of amides is 1. The number of carbonyl (C=O) groups excluding carboxylic acids is 1. The molecule has 0 aliphatic carbocycles. The van der Waals surface area contributed by atoms with Crippen molar-refractivity contribution in [2.75, 3.05) is 37.9 Å². The van der Waals surface area contributed by atoms with Gasteiger partial charge in [-0.05, 0) is 55.8 Å². The molecule has 0 unspecified atom stereocenters. The lowest BCUT2D eigenvalue weighted by molar-refractivity contribution is -0.120. The van der Waals surface area contributed by atoms with Gasteiger partial charge in [-0.3, -0.25) is 9.10 Å². The van der Waals surface area contributed by atoms with Crippen LogP contribution in [0.1, 0.15) is 12.5 Å². The highest BCUT2D eigenvalue weighted by Crippen LogP contribution is 2.30. The molecule has 1 atom stereocenters. The Bertz CT molecular complexity index is 960. The van der Waals surface area contributed by atoms with E-state index >= 15 is 0 Å². The van der Waals surface area contributed by atoms with Gasteiger partial charge in [-0.1, -0.05) is 6.07 Å². The van der Waals surface area contributed by atoms with E-state index in [1.807, 2.05) is 6.92 Å². The molecule has 0 spiro atoms. The average Bonchev–Trinajstić information content (AvgIpc) is 2.70. The van der Waals surface area contributed by atoms with Crippen molar-refractivity contribution < 1.29 is 27.4 Å². The third-order valence-corrected chi connectivity index (χ3v) is 5.38. The van der Waals surface area contributed by atoms with Crippen molar-refractivity contribution >= 4 is 21.6 Å². The van der Waals surface area contributed by atoms with E-state index in [0.717, 1.165) is 21.9 Å². The van der Waals surface area contributed by atoms with Gasteiger partial charge in [0, 0.05) is 0 Å². The molecule has 0 fully saturated rings. The van der Waals surface area contributed by atoms with Gasteiger partial charge in [0.15, 0.2) is 0 Å². The summed E-state index contributed by atoms with van der Waals surface area (Å²) in [5.74, 6) is 1.28. The Morgan fingerprint density at radius 3 is 2.27 bits per heavy atom. The Balaban J connectivity index is 2.03. The smallest absolute Gasteiger partial charge is 0.241 e. The van der Waals surface area contributed by atoms with Crippen LogP contribution in [0, 0.1) is 6.92 Å². The van der Waals surface area contributed by atoms with Gasteiger partial charge < -0.3 is 19.5 Å². The number of benzene rings is 2. The second kappa shape index (κ2) is 10.2. The van der Waals surface area contributed by atoms with Crippen LogP contribution in [0.4, 0.5) is 5.69 Å². The third-order valence-electron chi connectivity index (χ3n) is 4.26. The first-order chi connectivity index (χ1) is 14.1. The summed E-state index contributed by atoms with van der Waals surface area (Å²) in [5, 5.41) is 2.76. The molecule has 0 bridgehead atoms. The molecular formula is C21H28N2O6S. The molecule has 30 heavy (non-hydrogen) atoms. The highest BCUT2D eigenvalue weighted by atomic mass is 32.2. The van der Waals surface area contributed by atoms with E-state index in [2.05, 4.69) is 5.32 Å². The maximum atomic E-state index is 12.5. The van der Waals surface area contributed by atoms with Gasteiger partial charge in [0.05, 0.1) is 32.2 Å². The van der Waals surface area contributed by atoms with Crippen molar-refractivity contribution in [1.82, 2.24) is 5.32 Å². The van der Waals surface area contributed by atoms with Gasteiger partial charge in [0.2, 0.25) is 15.9 Å². The second-order valence-corrected chi connectivity index (χ2v) is 8.81. The zero-order valence-corrected chi connectivity index (χ0v) is 18.7. The van der Waals surface area contributed by atoms with E-state index < -0.39 is 15.9 Å². The molecule has 0 aromatic heterocycles. The van der Waals surface area contributed by atoms with Crippen LogP contribution < -0.4 is 23.8 Å². The molecule has 0 aliphatic rings. The molecule has 0 heterocycles. The van der Waals surface area contributed by atoms with Crippen molar-refractivity contribution in [3.05, 3.63) is 48.0 Å². The number of anilines is 1. The van der Waals surface area contributed by atoms with Gasteiger partial charge in [-0.15, -0.1) is 0 Å². The molecular weight excluding hydrogens is 408 g/mol. The summed E-state index contributed by atoms with van der Waals surface area (Å²) >= 11 is 0. The van der Waals surface area contributed by atoms with Crippen LogP contribution in [0.5, 0.6) is 17.2 Å². The fraction of sp³-hybridized carbons (Fsp3) is 0.381. The molecule has 0 saturated heterocycles. The van der Waals surface area contributed by atoms with E-state index in [1.54, 1.807) is 56.5 Å². The number of aryl methyl sites for hydroxylation is 1. The summed E-state index contributed by atoms with van der Waals surface area (Å²) in [6.45, 7) is 3.47. The minimum Gasteiger partial charge on any atom is -0.497 e. The zero-order chi connectivity index (χ0) is 22.3. The van der Waals surface area contributed by atoms with Gasteiger partial charge in [-0.2, -0.15) is 0 Å². The molecule has 2 aromatic rings. The Morgan fingerprint density at radius 2 is 1.70 bits per heavy atom. The number of hydrogen-bond acceptors (Lipinski definition) is 6. The standard InChI is InChI=1S/C21H28N2O6S/c1-15-6-11-20(28-4)19(12-15)23(30(5,25)26)13-21(24)22-16(2)14-29-18-9-7-17(27-3)8-10-18/h6-12,16H,13-14H2,1-5H3,(H,22,24)/t16-/m0/s1. The molecule has 1 N–H and O–H groups in total. The van der Waals surface area contributed by atoms with Crippen molar-refractivity contribution in [2.24, 2.45) is 0 Å². The molecule has 0 aliphatic heterocycles. The molecule has 1 amide bonds. The summed E-state index contributed by atoms with van der Waals surface area (Å²) in [6, 6.07) is 11.9. The maximum absolute atomic E-state index is 12.5. The van der Waals surface area contributed by atoms with E-state index in [1.165, 1.54) is 7.11 Å². The minimum atomic E-state index is -3.71. The van der Waals surface area contributed by atoms with E-state index in [9.17, 15) is 13.2 Å². The first kappa shape index (κ1) is 23.3.